The summed E-state index contributed by atoms with van der Waals surface area (Å²) in [7, 11) is -2.01. The smallest absolute Gasteiger partial charge is 0.410 e. The Morgan fingerprint density at radius 1 is 1.26 bits per heavy atom. The molecule has 0 aromatic rings. The quantitative estimate of drug-likeness (QED) is 0.523. The van der Waals surface area contributed by atoms with Crippen LogP contribution in [0.1, 0.15) is 27.2 Å². The molecule has 0 radical (unpaired) electrons. The molecular weight excluding hydrogens is 326 g/mol. The summed E-state index contributed by atoms with van der Waals surface area (Å²) in [5.41, 5.74) is -0.601. The van der Waals surface area contributed by atoms with Gasteiger partial charge >= 0.3 is 6.09 Å². The van der Waals surface area contributed by atoms with Crippen molar-refractivity contribution in [3.63, 3.8) is 0 Å². The fourth-order valence-electron chi connectivity index (χ4n) is 2.25. The molecule has 1 rings (SSSR count). The second kappa shape index (κ2) is 8.27. The summed E-state index contributed by atoms with van der Waals surface area (Å²) in [6.45, 7) is 6.20. The first-order chi connectivity index (χ1) is 10.5. The van der Waals surface area contributed by atoms with E-state index in [1.165, 1.54) is 12.0 Å². The lowest BCUT2D eigenvalue weighted by Gasteiger charge is -2.37. The number of rotatable bonds is 6. The van der Waals surface area contributed by atoms with Gasteiger partial charge in [-0.3, -0.25) is 4.18 Å². The van der Waals surface area contributed by atoms with Crippen LogP contribution in [-0.2, 0) is 28.5 Å². The molecule has 1 heterocycles. The van der Waals surface area contributed by atoms with E-state index in [2.05, 4.69) is 0 Å². The van der Waals surface area contributed by atoms with E-state index in [0.717, 1.165) is 6.26 Å². The average Bonchev–Trinajstić information content (AvgIpc) is 2.40. The molecule has 0 N–H and O–H groups in total. The molecule has 1 aliphatic heterocycles. The summed E-state index contributed by atoms with van der Waals surface area (Å²) in [5.74, 6) is -0.159. The first kappa shape index (κ1) is 20.1. The van der Waals surface area contributed by atoms with E-state index in [4.69, 9.17) is 18.4 Å². The van der Waals surface area contributed by atoms with Gasteiger partial charge in [-0.1, -0.05) is 0 Å². The molecule has 8 nitrogen and oxygen atoms in total. The van der Waals surface area contributed by atoms with Crippen LogP contribution in [0.5, 0.6) is 0 Å². The van der Waals surface area contributed by atoms with Crippen molar-refractivity contribution in [2.24, 2.45) is 5.92 Å². The highest BCUT2D eigenvalue weighted by molar-refractivity contribution is 7.85. The molecule has 1 saturated heterocycles. The molecule has 2 atom stereocenters. The molecule has 0 unspecified atom stereocenters. The molecule has 1 fully saturated rings. The van der Waals surface area contributed by atoms with E-state index in [0.29, 0.717) is 19.5 Å². The maximum Gasteiger partial charge on any atom is 0.410 e. The molecule has 0 saturated carbocycles. The van der Waals surface area contributed by atoms with Crippen LogP contribution in [0.15, 0.2) is 0 Å². The first-order valence-electron chi connectivity index (χ1n) is 7.43. The summed E-state index contributed by atoms with van der Waals surface area (Å²) in [5, 5.41) is 0. The van der Waals surface area contributed by atoms with Crippen LogP contribution in [0.25, 0.3) is 0 Å². The van der Waals surface area contributed by atoms with Crippen molar-refractivity contribution >= 4 is 16.2 Å². The van der Waals surface area contributed by atoms with E-state index in [9.17, 15) is 13.2 Å². The maximum atomic E-state index is 12.2. The highest BCUT2D eigenvalue weighted by atomic mass is 32.2. The summed E-state index contributed by atoms with van der Waals surface area (Å²) in [6.07, 6.45) is 0.871. The molecule has 0 bridgehead atoms. The van der Waals surface area contributed by atoms with E-state index >= 15 is 0 Å². The highest BCUT2D eigenvalue weighted by Gasteiger charge is 2.33. The zero-order valence-electron chi connectivity index (χ0n) is 14.4. The van der Waals surface area contributed by atoms with Gasteiger partial charge in [-0.25, -0.2) is 4.79 Å². The van der Waals surface area contributed by atoms with Gasteiger partial charge in [0.2, 0.25) is 0 Å². The fraction of sp³-hybridized carbons (Fsp3) is 0.929. The number of nitrogens with zero attached hydrogens (tertiary/aromatic N) is 1. The number of hydrogen-bond donors (Lipinski definition) is 0. The van der Waals surface area contributed by atoms with Gasteiger partial charge < -0.3 is 19.1 Å². The number of piperidine rings is 1. The Morgan fingerprint density at radius 2 is 1.91 bits per heavy atom. The zero-order valence-corrected chi connectivity index (χ0v) is 15.2. The average molecular weight is 353 g/mol. The molecule has 9 heteroatoms. The first-order valence-corrected chi connectivity index (χ1v) is 9.24. The van der Waals surface area contributed by atoms with Crippen molar-refractivity contribution in [3.05, 3.63) is 0 Å². The van der Waals surface area contributed by atoms with E-state index in [1.807, 2.05) is 0 Å². The molecule has 0 aromatic heterocycles. The normalized spacial score (nSPS) is 22.9. The van der Waals surface area contributed by atoms with E-state index in [1.54, 1.807) is 20.8 Å². The maximum absolute atomic E-state index is 12.2. The molecule has 0 aliphatic carbocycles. The number of carbonyl (C=O) groups excluding carboxylic acids is 1. The van der Waals surface area contributed by atoms with Gasteiger partial charge in [0.1, 0.15) is 12.4 Å². The van der Waals surface area contributed by atoms with Crippen molar-refractivity contribution in [2.75, 3.05) is 39.9 Å². The van der Waals surface area contributed by atoms with Gasteiger partial charge in [0.25, 0.3) is 10.1 Å². The lowest BCUT2D eigenvalue weighted by atomic mass is 9.97. The van der Waals surface area contributed by atoms with Crippen LogP contribution in [0.4, 0.5) is 4.79 Å². The Morgan fingerprint density at radius 3 is 2.43 bits per heavy atom. The van der Waals surface area contributed by atoms with Crippen LogP contribution in [-0.4, -0.2) is 71.0 Å². The van der Waals surface area contributed by atoms with Crippen LogP contribution in [0.3, 0.4) is 0 Å². The zero-order chi connectivity index (χ0) is 17.7. The number of amides is 1. The second-order valence-electron chi connectivity index (χ2n) is 6.67. The van der Waals surface area contributed by atoms with Gasteiger partial charge in [0, 0.05) is 19.6 Å². The molecule has 136 valence electrons. The standard InChI is InChI=1S/C14H27NO7S/c1-14(2,3)22-13(16)15-7-11(9-21-23(5,17)18)6-12(8-15)20-10-19-4/h11-12H,6-10H2,1-5H3/t11-,12+/m1/s1. The predicted octanol–water partition coefficient (Wildman–Crippen LogP) is 1.21. The van der Waals surface area contributed by atoms with Gasteiger partial charge in [-0.05, 0) is 27.2 Å². The van der Waals surface area contributed by atoms with Crippen molar-refractivity contribution in [3.8, 4) is 0 Å². The topological polar surface area (TPSA) is 91.4 Å². The number of likely N-dealkylation sites (tertiary alicyclic amines) is 1. The van der Waals surface area contributed by atoms with Gasteiger partial charge in [-0.15, -0.1) is 0 Å². The third-order valence-corrected chi connectivity index (χ3v) is 3.65. The van der Waals surface area contributed by atoms with Crippen molar-refractivity contribution in [1.29, 1.82) is 0 Å². The minimum atomic E-state index is -3.52. The number of ether oxygens (including phenoxy) is 3. The molecular formula is C14H27NO7S. The highest BCUT2D eigenvalue weighted by Crippen LogP contribution is 2.22. The van der Waals surface area contributed by atoms with Crippen LogP contribution >= 0.6 is 0 Å². The third-order valence-electron chi connectivity index (χ3n) is 3.09. The van der Waals surface area contributed by atoms with Gasteiger partial charge in [0.05, 0.1) is 25.5 Å². The third kappa shape index (κ3) is 8.50. The molecule has 1 amide bonds. The van der Waals surface area contributed by atoms with Crippen molar-refractivity contribution in [2.45, 2.75) is 38.9 Å². The monoisotopic (exact) mass is 353 g/mol. The Labute approximate surface area is 138 Å². The largest absolute Gasteiger partial charge is 0.444 e. The minimum absolute atomic E-state index is 0.00493. The van der Waals surface area contributed by atoms with E-state index < -0.39 is 21.8 Å². The number of hydrogen-bond acceptors (Lipinski definition) is 7. The lowest BCUT2D eigenvalue weighted by Crippen LogP contribution is -2.49. The molecule has 0 spiro atoms. The van der Waals surface area contributed by atoms with Crippen molar-refractivity contribution < 1.29 is 31.6 Å². The van der Waals surface area contributed by atoms with Crippen LogP contribution in [0.2, 0.25) is 0 Å². The fourth-order valence-corrected chi connectivity index (χ4v) is 2.69. The summed E-state index contributed by atoms with van der Waals surface area (Å²) in [6, 6.07) is 0. The Bertz CT molecular complexity index is 486. The summed E-state index contributed by atoms with van der Waals surface area (Å²) < 4.78 is 42.9. The lowest BCUT2D eigenvalue weighted by molar-refractivity contribution is -0.103. The molecule has 1 aliphatic rings. The number of methoxy groups -OCH3 is 1. The Hall–Kier alpha value is -0.900. The Kier molecular flexibility index (Phi) is 7.25. The summed E-state index contributed by atoms with van der Waals surface area (Å²) >= 11 is 0. The Balaban J connectivity index is 2.70. The van der Waals surface area contributed by atoms with Crippen LogP contribution in [0, 0.1) is 5.92 Å². The molecule has 0 aromatic carbocycles. The minimum Gasteiger partial charge on any atom is -0.444 e. The SMILES string of the molecule is COCO[C@H]1C[C@@H](COS(C)(=O)=O)CN(C(=O)OC(C)(C)C)C1. The van der Waals surface area contributed by atoms with Crippen LogP contribution < -0.4 is 0 Å². The van der Waals surface area contributed by atoms with Crippen molar-refractivity contribution in [1.82, 2.24) is 4.90 Å². The van der Waals surface area contributed by atoms with Gasteiger partial charge in [0.15, 0.2) is 0 Å². The van der Waals surface area contributed by atoms with Gasteiger partial charge in [-0.2, -0.15) is 8.42 Å². The predicted molar refractivity (Wildman–Crippen MR) is 83.5 cm³/mol. The summed E-state index contributed by atoms with van der Waals surface area (Å²) in [4.78, 5) is 13.8. The second-order valence-corrected chi connectivity index (χ2v) is 8.31. The van der Waals surface area contributed by atoms with E-state index in [-0.39, 0.29) is 25.4 Å². The molecule has 23 heavy (non-hydrogen) atoms. The number of carbonyl (C=O) groups is 1.